The van der Waals surface area contributed by atoms with Gasteiger partial charge in [0.2, 0.25) is 5.91 Å². The van der Waals surface area contributed by atoms with E-state index in [-0.39, 0.29) is 19.1 Å². The molecular weight excluding hydrogens is 386 g/mol. The molecule has 1 aromatic carbocycles. The molecule has 0 radical (unpaired) electrons. The van der Waals surface area contributed by atoms with Crippen molar-refractivity contribution in [1.29, 1.82) is 0 Å². The highest BCUT2D eigenvalue weighted by Crippen LogP contribution is 2.06. The maximum atomic E-state index is 11.8. The smallest absolute Gasteiger partial charge is 0.407 e. The van der Waals surface area contributed by atoms with Crippen molar-refractivity contribution in [2.24, 2.45) is 0 Å². The standard InChI is InChI=1S/C20H23N7O3/c1-15-9-12-27(26-15)18-8-7-17(24-25-18)21-10-11-22-19(28)13-23-20(29)30-14-16-5-3-2-4-6-16/h2-9,12H,10-11,13-14H2,1H3,(H,21,24)(H,22,28)(H,23,29). The Kier molecular flexibility index (Phi) is 7.31. The molecule has 2 amide bonds. The third-order valence-corrected chi connectivity index (χ3v) is 3.97. The van der Waals surface area contributed by atoms with Crippen LogP contribution in [0, 0.1) is 6.92 Å². The summed E-state index contributed by atoms with van der Waals surface area (Å²) in [7, 11) is 0. The molecule has 0 spiro atoms. The van der Waals surface area contributed by atoms with Crippen LogP contribution in [-0.4, -0.2) is 51.6 Å². The summed E-state index contributed by atoms with van der Waals surface area (Å²) < 4.78 is 6.68. The molecule has 0 saturated carbocycles. The van der Waals surface area contributed by atoms with Gasteiger partial charge < -0.3 is 20.7 Å². The van der Waals surface area contributed by atoms with Gasteiger partial charge in [0.05, 0.1) is 12.2 Å². The Morgan fingerprint density at radius 3 is 2.53 bits per heavy atom. The SMILES string of the molecule is Cc1ccn(-c2ccc(NCCNC(=O)CNC(=O)OCc3ccccc3)nn2)n1. The molecule has 30 heavy (non-hydrogen) atoms. The first-order valence-electron chi connectivity index (χ1n) is 9.41. The zero-order valence-corrected chi connectivity index (χ0v) is 16.5. The summed E-state index contributed by atoms with van der Waals surface area (Å²) in [5.74, 6) is 0.885. The maximum Gasteiger partial charge on any atom is 0.407 e. The molecule has 3 aromatic rings. The second kappa shape index (κ2) is 10.6. The summed E-state index contributed by atoms with van der Waals surface area (Å²) in [5, 5.41) is 20.6. The number of ether oxygens (including phenoxy) is 1. The lowest BCUT2D eigenvalue weighted by Gasteiger charge is -2.09. The molecule has 0 fully saturated rings. The number of aryl methyl sites for hydroxylation is 1. The number of aromatic nitrogens is 4. The quantitative estimate of drug-likeness (QED) is 0.457. The normalized spacial score (nSPS) is 10.3. The fourth-order valence-electron chi connectivity index (χ4n) is 2.47. The van der Waals surface area contributed by atoms with Gasteiger partial charge >= 0.3 is 6.09 Å². The molecule has 3 rings (SSSR count). The van der Waals surface area contributed by atoms with Gasteiger partial charge in [-0.05, 0) is 30.7 Å². The average molecular weight is 409 g/mol. The number of hydrogen-bond donors (Lipinski definition) is 3. The first kappa shape index (κ1) is 20.8. The van der Waals surface area contributed by atoms with E-state index in [9.17, 15) is 9.59 Å². The summed E-state index contributed by atoms with van der Waals surface area (Å²) in [6, 6.07) is 14.8. The summed E-state index contributed by atoms with van der Waals surface area (Å²) in [6.45, 7) is 2.71. The van der Waals surface area contributed by atoms with Crippen LogP contribution in [0.25, 0.3) is 5.82 Å². The Labute approximate surface area is 173 Å². The van der Waals surface area contributed by atoms with Crippen molar-refractivity contribution in [3.8, 4) is 5.82 Å². The Balaban J connectivity index is 1.28. The molecule has 0 saturated heterocycles. The van der Waals surface area contributed by atoms with Gasteiger partial charge in [-0.1, -0.05) is 30.3 Å². The van der Waals surface area contributed by atoms with Crippen LogP contribution in [0.2, 0.25) is 0 Å². The van der Waals surface area contributed by atoms with Crippen LogP contribution < -0.4 is 16.0 Å². The van der Waals surface area contributed by atoms with Crippen molar-refractivity contribution >= 4 is 17.8 Å². The number of carbonyl (C=O) groups is 2. The Morgan fingerprint density at radius 1 is 1.00 bits per heavy atom. The third kappa shape index (κ3) is 6.59. The second-order valence-corrected chi connectivity index (χ2v) is 6.37. The van der Waals surface area contributed by atoms with Crippen LogP contribution in [0.5, 0.6) is 0 Å². The van der Waals surface area contributed by atoms with Crippen LogP contribution in [0.1, 0.15) is 11.3 Å². The molecule has 10 heteroatoms. The second-order valence-electron chi connectivity index (χ2n) is 6.37. The third-order valence-electron chi connectivity index (χ3n) is 3.97. The molecular formula is C20H23N7O3. The van der Waals surface area contributed by atoms with E-state index in [0.29, 0.717) is 24.7 Å². The lowest BCUT2D eigenvalue weighted by molar-refractivity contribution is -0.120. The minimum atomic E-state index is -0.644. The topological polar surface area (TPSA) is 123 Å². The number of rotatable bonds is 9. The van der Waals surface area contributed by atoms with E-state index in [2.05, 4.69) is 31.2 Å². The fourth-order valence-corrected chi connectivity index (χ4v) is 2.47. The van der Waals surface area contributed by atoms with E-state index in [0.717, 1.165) is 11.3 Å². The van der Waals surface area contributed by atoms with Crippen LogP contribution in [0.15, 0.2) is 54.7 Å². The summed E-state index contributed by atoms with van der Waals surface area (Å²) in [6.07, 6.45) is 1.17. The molecule has 2 heterocycles. The summed E-state index contributed by atoms with van der Waals surface area (Å²) in [5.41, 5.74) is 1.77. The van der Waals surface area contributed by atoms with Crippen molar-refractivity contribution in [2.45, 2.75) is 13.5 Å². The van der Waals surface area contributed by atoms with Crippen LogP contribution in [0.3, 0.4) is 0 Å². The highest BCUT2D eigenvalue weighted by molar-refractivity contribution is 5.82. The van der Waals surface area contributed by atoms with E-state index in [4.69, 9.17) is 4.74 Å². The van der Waals surface area contributed by atoms with E-state index in [1.54, 1.807) is 16.8 Å². The first-order valence-corrected chi connectivity index (χ1v) is 9.41. The van der Waals surface area contributed by atoms with Crippen LogP contribution >= 0.6 is 0 Å². The monoisotopic (exact) mass is 409 g/mol. The fraction of sp³-hybridized carbons (Fsp3) is 0.250. The molecule has 0 unspecified atom stereocenters. The Morgan fingerprint density at radius 2 is 1.83 bits per heavy atom. The Hall–Kier alpha value is -3.95. The van der Waals surface area contributed by atoms with Gasteiger partial charge in [-0.15, -0.1) is 10.2 Å². The van der Waals surface area contributed by atoms with E-state index in [1.165, 1.54) is 0 Å². The van der Waals surface area contributed by atoms with Gasteiger partial charge in [0, 0.05) is 19.3 Å². The average Bonchev–Trinajstić information content (AvgIpc) is 3.21. The minimum Gasteiger partial charge on any atom is -0.445 e. The van der Waals surface area contributed by atoms with E-state index in [1.807, 2.05) is 49.5 Å². The zero-order valence-electron chi connectivity index (χ0n) is 16.5. The van der Waals surface area contributed by atoms with E-state index >= 15 is 0 Å². The van der Waals surface area contributed by atoms with Crippen molar-refractivity contribution in [2.75, 3.05) is 25.0 Å². The molecule has 0 aliphatic heterocycles. The molecule has 10 nitrogen and oxygen atoms in total. The van der Waals surface area contributed by atoms with Crippen molar-refractivity contribution in [1.82, 2.24) is 30.6 Å². The molecule has 3 N–H and O–H groups in total. The predicted octanol–water partition coefficient (Wildman–Crippen LogP) is 1.43. The van der Waals surface area contributed by atoms with Gasteiger partial charge in [-0.2, -0.15) is 5.10 Å². The van der Waals surface area contributed by atoms with Gasteiger partial charge in [0.15, 0.2) is 5.82 Å². The molecule has 0 bridgehead atoms. The summed E-state index contributed by atoms with van der Waals surface area (Å²) in [4.78, 5) is 23.4. The van der Waals surface area contributed by atoms with Crippen molar-refractivity contribution < 1.29 is 14.3 Å². The van der Waals surface area contributed by atoms with Crippen LogP contribution in [-0.2, 0) is 16.1 Å². The lowest BCUT2D eigenvalue weighted by Crippen LogP contribution is -2.38. The Bertz CT molecular complexity index is 958. The highest BCUT2D eigenvalue weighted by Gasteiger charge is 2.06. The molecule has 2 aromatic heterocycles. The lowest BCUT2D eigenvalue weighted by atomic mass is 10.2. The number of alkyl carbamates (subject to hydrolysis) is 1. The number of hydrogen-bond acceptors (Lipinski definition) is 7. The first-order chi connectivity index (χ1) is 14.6. The van der Waals surface area contributed by atoms with Gasteiger partial charge in [-0.3, -0.25) is 4.79 Å². The molecule has 0 atom stereocenters. The minimum absolute atomic E-state index is 0.151. The molecule has 0 aliphatic carbocycles. The van der Waals surface area contributed by atoms with Gasteiger partial charge in [0.25, 0.3) is 0 Å². The zero-order chi connectivity index (χ0) is 21.2. The maximum absolute atomic E-state index is 11.8. The van der Waals surface area contributed by atoms with Crippen LogP contribution in [0.4, 0.5) is 10.6 Å². The number of nitrogens with one attached hydrogen (secondary N) is 3. The molecule has 156 valence electrons. The van der Waals surface area contributed by atoms with Gasteiger partial charge in [-0.25, -0.2) is 9.48 Å². The van der Waals surface area contributed by atoms with Crippen molar-refractivity contribution in [3.05, 3.63) is 66.0 Å². The predicted molar refractivity (Wildman–Crippen MR) is 110 cm³/mol. The van der Waals surface area contributed by atoms with Crippen molar-refractivity contribution in [3.63, 3.8) is 0 Å². The number of anilines is 1. The number of carbonyl (C=O) groups excluding carboxylic acids is 2. The molecule has 0 aliphatic rings. The summed E-state index contributed by atoms with van der Waals surface area (Å²) >= 11 is 0. The van der Waals surface area contributed by atoms with E-state index < -0.39 is 6.09 Å². The number of amides is 2. The van der Waals surface area contributed by atoms with Gasteiger partial charge in [0.1, 0.15) is 12.4 Å². The highest BCUT2D eigenvalue weighted by atomic mass is 16.5. The number of benzene rings is 1. The number of nitrogens with zero attached hydrogens (tertiary/aromatic N) is 4. The largest absolute Gasteiger partial charge is 0.445 e.